The lowest BCUT2D eigenvalue weighted by Crippen LogP contribution is -2.37. The van der Waals surface area contributed by atoms with E-state index < -0.39 is 17.9 Å². The maximum Gasteiger partial charge on any atom is 0.270 e. The minimum absolute atomic E-state index is 0.0690. The number of aromatic nitrogens is 4. The Balaban J connectivity index is 0.000000365. The molecule has 1 aromatic carbocycles. The van der Waals surface area contributed by atoms with Gasteiger partial charge in [-0.2, -0.15) is 14.6 Å². The predicted molar refractivity (Wildman–Crippen MR) is 120 cm³/mol. The first-order valence-electron chi connectivity index (χ1n) is 10.3. The molecule has 0 aliphatic carbocycles. The van der Waals surface area contributed by atoms with Gasteiger partial charge in [-0.3, -0.25) is 14.4 Å². The zero-order chi connectivity index (χ0) is 24.7. The fraction of sp³-hybridized carbons (Fsp3) is 0.364. The average molecular weight is 458 g/mol. The molecule has 0 saturated carbocycles. The molecule has 0 bridgehead atoms. The van der Waals surface area contributed by atoms with Crippen LogP contribution in [0.25, 0.3) is 5.78 Å². The summed E-state index contributed by atoms with van der Waals surface area (Å²) in [5, 5.41) is 6.60. The normalized spacial score (nSPS) is 11.6. The van der Waals surface area contributed by atoms with E-state index in [1.165, 1.54) is 29.9 Å². The first kappa shape index (κ1) is 25.5. The van der Waals surface area contributed by atoms with E-state index in [2.05, 4.69) is 20.4 Å². The number of Topliss-reactive ketones (excluding diaryl/α,β-unsaturated/α-hetero) is 1. The van der Waals surface area contributed by atoms with Gasteiger partial charge in [-0.1, -0.05) is 26.0 Å². The van der Waals surface area contributed by atoms with Crippen LogP contribution in [0.5, 0.6) is 0 Å². The number of amides is 2. The van der Waals surface area contributed by atoms with Gasteiger partial charge >= 0.3 is 0 Å². The van der Waals surface area contributed by atoms with Gasteiger partial charge in [-0.25, -0.2) is 9.37 Å². The molecule has 10 nitrogen and oxygen atoms in total. The fourth-order valence-electron chi connectivity index (χ4n) is 2.89. The van der Waals surface area contributed by atoms with Crippen LogP contribution < -0.4 is 16.8 Å². The molecule has 2 amide bonds. The van der Waals surface area contributed by atoms with Crippen molar-refractivity contribution in [2.45, 2.75) is 46.7 Å². The number of nitrogens with one attached hydrogen (secondary N) is 1. The number of aryl methyl sites for hydroxylation is 1. The number of halogens is 1. The highest BCUT2D eigenvalue weighted by molar-refractivity contribution is 5.98. The smallest absolute Gasteiger partial charge is 0.270 e. The van der Waals surface area contributed by atoms with Crippen molar-refractivity contribution < 1.29 is 18.8 Å². The van der Waals surface area contributed by atoms with E-state index in [0.717, 1.165) is 5.56 Å². The summed E-state index contributed by atoms with van der Waals surface area (Å²) in [4.78, 5) is 42.3. The maximum absolute atomic E-state index is 13.3. The van der Waals surface area contributed by atoms with E-state index in [4.69, 9.17) is 11.5 Å². The Hall–Kier alpha value is -3.73. The largest absolute Gasteiger partial charge is 0.368 e. The lowest BCUT2D eigenvalue weighted by molar-refractivity contribution is -0.119. The van der Waals surface area contributed by atoms with Crippen molar-refractivity contribution in [3.63, 3.8) is 0 Å². The van der Waals surface area contributed by atoms with Gasteiger partial charge in [-0.15, -0.1) is 0 Å². The minimum Gasteiger partial charge on any atom is -0.368 e. The second kappa shape index (κ2) is 11.2. The molecule has 0 aliphatic rings. The first-order chi connectivity index (χ1) is 15.5. The average Bonchev–Trinajstić information content (AvgIpc) is 3.22. The quantitative estimate of drug-likeness (QED) is 0.454. The van der Waals surface area contributed by atoms with Crippen LogP contribution in [-0.2, 0) is 11.3 Å². The van der Waals surface area contributed by atoms with Crippen LogP contribution in [0.2, 0.25) is 0 Å². The van der Waals surface area contributed by atoms with Crippen LogP contribution in [0.4, 0.5) is 4.39 Å². The first-order valence-corrected chi connectivity index (χ1v) is 10.3. The van der Waals surface area contributed by atoms with Gasteiger partial charge in [0.05, 0.1) is 6.04 Å². The SMILES string of the molecule is CC(=O)c1cc(C(=O)NCc2ccc(F)c(C)c2)nc2ncnn12.CC(C)C[C@@H](N)C(N)=O. The van der Waals surface area contributed by atoms with E-state index in [1.54, 1.807) is 19.1 Å². The Morgan fingerprint density at radius 2 is 1.91 bits per heavy atom. The minimum atomic E-state index is -0.468. The van der Waals surface area contributed by atoms with Crippen molar-refractivity contribution in [3.05, 3.63) is 58.9 Å². The number of carbonyl (C=O) groups is 3. The molecule has 0 aliphatic heterocycles. The van der Waals surface area contributed by atoms with E-state index in [-0.39, 0.29) is 35.3 Å². The van der Waals surface area contributed by atoms with Crippen LogP contribution in [0.15, 0.2) is 30.6 Å². The summed E-state index contributed by atoms with van der Waals surface area (Å²) >= 11 is 0. The van der Waals surface area contributed by atoms with Gasteiger partial charge in [0, 0.05) is 13.5 Å². The summed E-state index contributed by atoms with van der Waals surface area (Å²) in [6.45, 7) is 7.25. The van der Waals surface area contributed by atoms with E-state index in [0.29, 0.717) is 17.9 Å². The third-order valence-electron chi connectivity index (χ3n) is 4.61. The number of primary amides is 1. The molecule has 1 atom stereocenters. The van der Waals surface area contributed by atoms with Gasteiger partial charge in [0.2, 0.25) is 5.91 Å². The summed E-state index contributed by atoms with van der Waals surface area (Å²) in [5.74, 6) is -0.808. The highest BCUT2D eigenvalue weighted by Gasteiger charge is 2.16. The Labute approximate surface area is 190 Å². The zero-order valence-electron chi connectivity index (χ0n) is 19.0. The van der Waals surface area contributed by atoms with Crippen LogP contribution in [0.3, 0.4) is 0 Å². The molecule has 11 heteroatoms. The number of nitrogens with two attached hydrogens (primary N) is 2. The van der Waals surface area contributed by atoms with Gasteiger partial charge < -0.3 is 16.8 Å². The number of carbonyl (C=O) groups excluding carboxylic acids is 3. The molecule has 0 spiro atoms. The Morgan fingerprint density at radius 1 is 1.21 bits per heavy atom. The second-order valence-corrected chi connectivity index (χ2v) is 7.96. The molecule has 3 aromatic rings. The lowest BCUT2D eigenvalue weighted by atomic mass is 10.0. The van der Waals surface area contributed by atoms with Crippen molar-refractivity contribution in [1.82, 2.24) is 24.9 Å². The molecule has 0 fully saturated rings. The Kier molecular flexibility index (Phi) is 8.69. The third-order valence-corrected chi connectivity index (χ3v) is 4.61. The van der Waals surface area contributed by atoms with E-state index in [9.17, 15) is 18.8 Å². The van der Waals surface area contributed by atoms with Crippen molar-refractivity contribution >= 4 is 23.4 Å². The van der Waals surface area contributed by atoms with Crippen molar-refractivity contribution in [2.24, 2.45) is 17.4 Å². The topological polar surface area (TPSA) is 158 Å². The van der Waals surface area contributed by atoms with Crippen LogP contribution in [0, 0.1) is 18.7 Å². The molecule has 5 N–H and O–H groups in total. The number of fused-ring (bicyclic) bond motifs is 1. The molecular weight excluding hydrogens is 429 g/mol. The van der Waals surface area contributed by atoms with Gasteiger partial charge in [0.1, 0.15) is 23.5 Å². The van der Waals surface area contributed by atoms with Gasteiger partial charge in [-0.05, 0) is 42.5 Å². The zero-order valence-corrected chi connectivity index (χ0v) is 19.0. The van der Waals surface area contributed by atoms with E-state index in [1.807, 2.05) is 13.8 Å². The van der Waals surface area contributed by atoms with Gasteiger partial charge in [0.25, 0.3) is 11.7 Å². The summed E-state index contributed by atoms with van der Waals surface area (Å²) in [6.07, 6.45) is 1.94. The maximum atomic E-state index is 13.3. The molecule has 0 saturated heterocycles. The molecule has 0 radical (unpaired) electrons. The number of ketones is 1. The lowest BCUT2D eigenvalue weighted by Gasteiger charge is -2.08. The highest BCUT2D eigenvalue weighted by atomic mass is 19.1. The Morgan fingerprint density at radius 3 is 2.45 bits per heavy atom. The molecule has 2 aromatic heterocycles. The molecular formula is C22H28FN7O3. The molecule has 176 valence electrons. The molecule has 0 unspecified atom stereocenters. The van der Waals surface area contributed by atoms with Crippen LogP contribution in [-0.4, -0.2) is 43.2 Å². The Bertz CT molecular complexity index is 1160. The second-order valence-electron chi connectivity index (χ2n) is 7.96. The number of rotatable bonds is 7. The van der Waals surface area contributed by atoms with Crippen LogP contribution >= 0.6 is 0 Å². The van der Waals surface area contributed by atoms with Gasteiger partial charge in [0.15, 0.2) is 5.78 Å². The van der Waals surface area contributed by atoms with Crippen molar-refractivity contribution in [3.8, 4) is 0 Å². The number of hydrogen-bond donors (Lipinski definition) is 3. The van der Waals surface area contributed by atoms with Crippen molar-refractivity contribution in [2.75, 3.05) is 0 Å². The standard InChI is InChI=1S/C16H14FN5O2.C6H14N2O/c1-9-5-11(3-4-12(9)17)7-18-15(24)13-6-14(10(2)23)22-16(21-13)19-8-20-22;1-4(2)3-5(7)6(8)9/h3-6,8H,7H2,1-2H3,(H,18,24);4-5H,3,7H2,1-2H3,(H2,8,9)/t;5-/m.1/s1. The monoisotopic (exact) mass is 457 g/mol. The summed E-state index contributed by atoms with van der Waals surface area (Å²) in [7, 11) is 0. The highest BCUT2D eigenvalue weighted by Crippen LogP contribution is 2.10. The molecule has 2 heterocycles. The summed E-state index contributed by atoms with van der Waals surface area (Å²) in [5.41, 5.74) is 11.8. The summed E-state index contributed by atoms with van der Waals surface area (Å²) < 4.78 is 14.5. The molecule has 33 heavy (non-hydrogen) atoms. The van der Waals surface area contributed by atoms with Crippen LogP contribution in [0.1, 0.15) is 59.3 Å². The molecule has 3 rings (SSSR count). The fourth-order valence-corrected chi connectivity index (χ4v) is 2.89. The number of nitrogens with zero attached hydrogens (tertiary/aromatic N) is 4. The number of benzene rings is 1. The van der Waals surface area contributed by atoms with E-state index >= 15 is 0 Å². The van der Waals surface area contributed by atoms with Crippen molar-refractivity contribution in [1.29, 1.82) is 0 Å². The summed E-state index contributed by atoms with van der Waals surface area (Å²) in [6, 6.07) is 5.51. The third kappa shape index (κ3) is 7.14. The predicted octanol–water partition coefficient (Wildman–Crippen LogP) is 1.55. The number of hydrogen-bond acceptors (Lipinski definition) is 7.